The molecule has 2 aromatic heterocycles. The molecule has 0 amide bonds. The van der Waals surface area contributed by atoms with Gasteiger partial charge >= 0.3 is 0 Å². The van der Waals surface area contributed by atoms with E-state index in [0.29, 0.717) is 5.92 Å². The van der Waals surface area contributed by atoms with Crippen LogP contribution in [0.4, 0.5) is 17.1 Å². The van der Waals surface area contributed by atoms with Crippen LogP contribution in [-0.4, -0.2) is 4.57 Å². The molecule has 2 aliphatic carbocycles. The van der Waals surface area contributed by atoms with Crippen molar-refractivity contribution in [3.8, 4) is 27.9 Å². The van der Waals surface area contributed by atoms with Gasteiger partial charge in [0.05, 0.1) is 16.4 Å². The van der Waals surface area contributed by atoms with Crippen molar-refractivity contribution in [1.82, 2.24) is 4.57 Å². The summed E-state index contributed by atoms with van der Waals surface area (Å²) in [6.45, 7) is 2.33. The number of allylic oxidation sites excluding steroid dienone is 4. The van der Waals surface area contributed by atoms with Gasteiger partial charge in [0.1, 0.15) is 11.2 Å². The number of nitrogens with zero attached hydrogens (tertiary/aromatic N) is 2. The molecule has 2 aliphatic rings. The summed E-state index contributed by atoms with van der Waals surface area (Å²) in [4.78, 5) is 2.40. The van der Waals surface area contributed by atoms with Gasteiger partial charge in [0.2, 0.25) is 0 Å². The lowest BCUT2D eigenvalue weighted by atomic mass is 9.65. The highest BCUT2D eigenvalue weighted by Crippen LogP contribution is 2.58. The van der Waals surface area contributed by atoms with Crippen molar-refractivity contribution in [2.45, 2.75) is 18.8 Å². The third-order valence-corrected chi connectivity index (χ3v) is 14.0. The number of para-hydroxylation sites is 3. The van der Waals surface area contributed by atoms with E-state index >= 15 is 0 Å². The van der Waals surface area contributed by atoms with Gasteiger partial charge in [-0.15, -0.1) is 0 Å². The van der Waals surface area contributed by atoms with Crippen molar-refractivity contribution in [1.29, 1.82) is 0 Å². The van der Waals surface area contributed by atoms with Gasteiger partial charge in [-0.05, 0) is 130 Å². The first-order valence-electron chi connectivity index (χ1n) is 22.7. The molecule has 0 N–H and O–H groups in total. The lowest BCUT2D eigenvalue weighted by Crippen LogP contribution is -2.30. The van der Waals surface area contributed by atoms with Gasteiger partial charge in [0.25, 0.3) is 0 Å². The molecule has 11 aromatic rings. The molecule has 65 heavy (non-hydrogen) atoms. The molecular formula is C62H44N2O. The molecule has 13 rings (SSSR count). The van der Waals surface area contributed by atoms with E-state index < -0.39 is 5.41 Å². The van der Waals surface area contributed by atoms with Gasteiger partial charge in [-0.2, -0.15) is 0 Å². The lowest BCUT2D eigenvalue weighted by Gasteiger charge is -2.37. The van der Waals surface area contributed by atoms with Crippen molar-refractivity contribution in [3.63, 3.8) is 0 Å². The Bertz CT molecular complexity index is 3700. The number of benzene rings is 9. The molecule has 0 saturated carbocycles. The second-order valence-electron chi connectivity index (χ2n) is 17.7. The summed E-state index contributed by atoms with van der Waals surface area (Å²) < 4.78 is 8.91. The molecule has 9 aromatic carbocycles. The predicted molar refractivity (Wildman–Crippen MR) is 271 cm³/mol. The normalized spacial score (nSPS) is 16.6. The van der Waals surface area contributed by atoms with Gasteiger partial charge in [-0.3, -0.25) is 0 Å². The molecule has 2 atom stereocenters. The van der Waals surface area contributed by atoms with Crippen molar-refractivity contribution in [2.75, 3.05) is 4.90 Å². The average molecular weight is 833 g/mol. The van der Waals surface area contributed by atoms with Crippen molar-refractivity contribution >= 4 is 60.8 Å². The lowest BCUT2D eigenvalue weighted by molar-refractivity contribution is 0.669. The number of hydrogen-bond donors (Lipinski definition) is 0. The molecule has 0 spiro atoms. The van der Waals surface area contributed by atoms with Crippen LogP contribution in [0.3, 0.4) is 0 Å². The maximum absolute atomic E-state index is 6.54. The summed E-state index contributed by atoms with van der Waals surface area (Å²) in [7, 11) is 0. The van der Waals surface area contributed by atoms with Gasteiger partial charge in [-0.25, -0.2) is 0 Å². The fraction of sp³-hybridized carbons (Fsp3) is 0.0645. The van der Waals surface area contributed by atoms with Gasteiger partial charge in [0, 0.05) is 50.4 Å². The molecule has 0 radical (unpaired) electrons. The number of aromatic nitrogens is 1. The van der Waals surface area contributed by atoms with E-state index in [1.165, 1.54) is 60.8 Å². The standard InChI is InChI=1S/C62H44N2O/c1-41-15-14-18-45(37-41)62(44-16-4-2-5-17-44)56-24-11-8-21-50(56)51-34-32-48(39-57(51)62)63(49-33-35-54-53-23-10-13-26-60(53)65-61(54)40-49)47-30-27-42(28-31-47)43-29-36-59-55(38-43)52-22-9-12-25-58(52)64(59)46-19-6-3-7-20-46/h2-14,16-41H,15H2,1H3. The Balaban J connectivity index is 0.991. The van der Waals surface area contributed by atoms with Crippen molar-refractivity contribution in [2.24, 2.45) is 5.92 Å². The van der Waals surface area contributed by atoms with Crippen LogP contribution in [0.5, 0.6) is 0 Å². The first kappa shape index (κ1) is 37.4. The quantitative estimate of drug-likeness (QED) is 0.160. The Labute approximate surface area is 378 Å². The van der Waals surface area contributed by atoms with E-state index in [2.05, 4.69) is 241 Å². The van der Waals surface area contributed by atoms with Crippen LogP contribution in [-0.2, 0) is 5.41 Å². The average Bonchev–Trinajstić information content (AvgIpc) is 4.00. The number of rotatable bonds is 7. The second kappa shape index (κ2) is 14.7. The molecular weight excluding hydrogens is 789 g/mol. The summed E-state index contributed by atoms with van der Waals surface area (Å²) in [5.74, 6) is 0.434. The molecule has 0 aliphatic heterocycles. The van der Waals surface area contributed by atoms with Crippen LogP contribution in [0.15, 0.2) is 241 Å². The smallest absolute Gasteiger partial charge is 0.137 e. The van der Waals surface area contributed by atoms with E-state index in [1.807, 2.05) is 6.07 Å². The summed E-state index contributed by atoms with van der Waals surface area (Å²) in [5, 5.41) is 4.72. The molecule has 0 saturated heterocycles. The van der Waals surface area contributed by atoms with Crippen LogP contribution in [0, 0.1) is 5.92 Å². The number of fused-ring (bicyclic) bond motifs is 9. The zero-order valence-electron chi connectivity index (χ0n) is 36.0. The first-order chi connectivity index (χ1) is 32.1. The molecule has 0 bridgehead atoms. The molecule has 3 heteroatoms. The van der Waals surface area contributed by atoms with Crippen LogP contribution in [0.1, 0.15) is 30.0 Å². The zero-order valence-corrected chi connectivity index (χ0v) is 36.0. The maximum Gasteiger partial charge on any atom is 0.137 e. The molecule has 2 heterocycles. The van der Waals surface area contributed by atoms with Crippen molar-refractivity contribution in [3.05, 3.63) is 253 Å². The zero-order chi connectivity index (χ0) is 43.1. The summed E-state index contributed by atoms with van der Waals surface area (Å²) >= 11 is 0. The van der Waals surface area contributed by atoms with E-state index in [-0.39, 0.29) is 0 Å². The van der Waals surface area contributed by atoms with Crippen LogP contribution in [0.2, 0.25) is 0 Å². The van der Waals surface area contributed by atoms with Crippen LogP contribution >= 0.6 is 0 Å². The highest BCUT2D eigenvalue weighted by atomic mass is 16.3. The molecule has 3 nitrogen and oxygen atoms in total. The minimum absolute atomic E-state index is 0.434. The SMILES string of the molecule is CC1C=C(C2(c3ccccc3)c3ccccc3-c3ccc(N(c4ccc(-c5ccc6c(c5)c5ccccc5n6-c5ccccc5)cc4)c4ccc5c(c4)oc4ccccc45)cc32)C=CC1. The monoisotopic (exact) mass is 832 g/mol. The van der Waals surface area contributed by atoms with Crippen LogP contribution in [0.25, 0.3) is 71.7 Å². The summed E-state index contributed by atoms with van der Waals surface area (Å²) in [5.41, 5.74) is 18.1. The Hall–Kier alpha value is -8.14. The Morgan fingerprint density at radius 1 is 0.492 bits per heavy atom. The fourth-order valence-electron chi connectivity index (χ4n) is 11.1. The van der Waals surface area contributed by atoms with E-state index in [4.69, 9.17) is 4.42 Å². The Morgan fingerprint density at radius 2 is 1.14 bits per heavy atom. The Kier molecular flexibility index (Phi) is 8.48. The van der Waals surface area contributed by atoms with Gasteiger partial charge in [-0.1, -0.05) is 159 Å². The third-order valence-electron chi connectivity index (χ3n) is 14.0. The number of anilines is 3. The largest absolute Gasteiger partial charge is 0.456 e. The van der Waals surface area contributed by atoms with E-state index in [9.17, 15) is 0 Å². The minimum Gasteiger partial charge on any atom is -0.456 e. The summed E-state index contributed by atoms with van der Waals surface area (Å²) in [6, 6.07) is 77.7. The highest BCUT2D eigenvalue weighted by Gasteiger charge is 2.47. The highest BCUT2D eigenvalue weighted by molar-refractivity contribution is 6.11. The fourth-order valence-corrected chi connectivity index (χ4v) is 11.1. The van der Waals surface area contributed by atoms with Gasteiger partial charge < -0.3 is 13.9 Å². The molecule has 0 fully saturated rings. The topological polar surface area (TPSA) is 21.3 Å². The van der Waals surface area contributed by atoms with Crippen molar-refractivity contribution < 1.29 is 4.42 Å². The third kappa shape index (κ3) is 5.75. The number of hydrogen-bond acceptors (Lipinski definition) is 2. The minimum atomic E-state index is -0.491. The summed E-state index contributed by atoms with van der Waals surface area (Å²) in [6.07, 6.45) is 8.30. The van der Waals surface area contributed by atoms with E-state index in [1.54, 1.807) is 0 Å². The van der Waals surface area contributed by atoms with Crippen LogP contribution < -0.4 is 4.90 Å². The van der Waals surface area contributed by atoms with Gasteiger partial charge in [0.15, 0.2) is 0 Å². The second-order valence-corrected chi connectivity index (χ2v) is 17.7. The van der Waals surface area contributed by atoms with E-state index in [0.717, 1.165) is 56.7 Å². The first-order valence-corrected chi connectivity index (χ1v) is 22.7. The molecule has 2 unspecified atom stereocenters. The maximum atomic E-state index is 6.54. The predicted octanol–water partition coefficient (Wildman–Crippen LogP) is 16.7. The Morgan fingerprint density at radius 3 is 1.98 bits per heavy atom. The number of furan rings is 1. The molecule has 308 valence electrons.